The Kier molecular flexibility index (Phi) is 3.46. The zero-order valence-corrected chi connectivity index (χ0v) is 7.71. The molecule has 0 radical (unpaired) electrons. The number of benzene rings is 1. The number of aliphatic hydroxyl groups is 1. The Bertz CT molecular complexity index is 301. The van der Waals surface area contributed by atoms with Crippen molar-refractivity contribution in [1.82, 2.24) is 0 Å². The third-order valence-electron chi connectivity index (χ3n) is 1.75. The van der Waals surface area contributed by atoms with Crippen LogP contribution in [0.5, 0.6) is 0 Å². The van der Waals surface area contributed by atoms with Gasteiger partial charge in [0.2, 0.25) is 0 Å². The highest BCUT2D eigenvalue weighted by atomic mass is 35.5. The molecule has 0 aliphatic carbocycles. The molecule has 0 fully saturated rings. The first-order valence-corrected chi connectivity index (χ1v) is 4.29. The van der Waals surface area contributed by atoms with Crippen molar-refractivity contribution in [3.63, 3.8) is 0 Å². The zero-order valence-electron chi connectivity index (χ0n) is 6.95. The molecule has 0 aliphatic rings. The van der Waals surface area contributed by atoms with Crippen LogP contribution in [0.15, 0.2) is 36.9 Å². The fourth-order valence-corrected chi connectivity index (χ4v) is 1.15. The van der Waals surface area contributed by atoms with Crippen molar-refractivity contribution in [2.75, 3.05) is 0 Å². The molecule has 0 saturated carbocycles. The van der Waals surface area contributed by atoms with Crippen LogP contribution in [-0.2, 0) is 0 Å². The van der Waals surface area contributed by atoms with E-state index in [4.69, 9.17) is 11.6 Å². The maximum Gasteiger partial charge on any atom is 0.129 e. The largest absolute Gasteiger partial charge is 0.386 e. The SMILES string of the molecule is C=C[C@@H](Cl)[C@@H](O)c1ccccc1F. The summed E-state index contributed by atoms with van der Waals surface area (Å²) < 4.78 is 13.1. The third kappa shape index (κ3) is 2.29. The molecular weight excluding hydrogens is 191 g/mol. The van der Waals surface area contributed by atoms with Crippen LogP contribution in [0.25, 0.3) is 0 Å². The zero-order chi connectivity index (χ0) is 9.84. The molecule has 0 aromatic heterocycles. The summed E-state index contributed by atoms with van der Waals surface area (Å²) >= 11 is 5.69. The van der Waals surface area contributed by atoms with Gasteiger partial charge in [0.05, 0.1) is 5.38 Å². The summed E-state index contributed by atoms with van der Waals surface area (Å²) in [4.78, 5) is 0. The summed E-state index contributed by atoms with van der Waals surface area (Å²) in [7, 11) is 0. The van der Waals surface area contributed by atoms with E-state index in [1.807, 2.05) is 0 Å². The second-order valence-electron chi connectivity index (χ2n) is 2.65. The molecule has 0 heterocycles. The molecule has 70 valence electrons. The Morgan fingerprint density at radius 3 is 2.62 bits per heavy atom. The van der Waals surface area contributed by atoms with Gasteiger partial charge in [0.1, 0.15) is 11.9 Å². The topological polar surface area (TPSA) is 20.2 Å². The summed E-state index contributed by atoms with van der Waals surface area (Å²) in [5, 5.41) is 8.86. The van der Waals surface area contributed by atoms with Crippen molar-refractivity contribution in [2.45, 2.75) is 11.5 Å². The molecule has 2 atom stereocenters. The van der Waals surface area contributed by atoms with Gasteiger partial charge in [-0.3, -0.25) is 0 Å². The van der Waals surface area contributed by atoms with Gasteiger partial charge in [-0.05, 0) is 6.07 Å². The molecule has 1 aromatic rings. The first-order chi connectivity index (χ1) is 6.16. The summed E-state index contributed by atoms with van der Waals surface area (Å²) in [6.45, 7) is 3.42. The van der Waals surface area contributed by atoms with Gasteiger partial charge in [-0.25, -0.2) is 4.39 Å². The second kappa shape index (κ2) is 4.40. The van der Waals surface area contributed by atoms with Crippen molar-refractivity contribution >= 4 is 11.6 Å². The summed E-state index contributed by atoms with van der Waals surface area (Å²) in [5.74, 6) is -0.456. The van der Waals surface area contributed by atoms with Gasteiger partial charge in [-0.2, -0.15) is 0 Å². The molecule has 3 heteroatoms. The van der Waals surface area contributed by atoms with Crippen molar-refractivity contribution in [2.24, 2.45) is 0 Å². The molecule has 1 rings (SSSR count). The van der Waals surface area contributed by atoms with E-state index in [2.05, 4.69) is 6.58 Å². The lowest BCUT2D eigenvalue weighted by atomic mass is 10.1. The lowest BCUT2D eigenvalue weighted by Crippen LogP contribution is -2.10. The van der Waals surface area contributed by atoms with Gasteiger partial charge in [-0.15, -0.1) is 18.2 Å². The Morgan fingerprint density at radius 1 is 1.46 bits per heavy atom. The highest BCUT2D eigenvalue weighted by Crippen LogP contribution is 2.23. The summed E-state index contributed by atoms with van der Waals surface area (Å²) in [6.07, 6.45) is 0.332. The minimum atomic E-state index is -1.04. The number of aliphatic hydroxyl groups excluding tert-OH is 1. The molecule has 0 aliphatic heterocycles. The van der Waals surface area contributed by atoms with Crippen LogP contribution in [-0.4, -0.2) is 10.5 Å². The van der Waals surface area contributed by atoms with E-state index in [0.717, 1.165) is 0 Å². The Morgan fingerprint density at radius 2 is 2.08 bits per heavy atom. The molecule has 13 heavy (non-hydrogen) atoms. The third-order valence-corrected chi connectivity index (χ3v) is 2.17. The first-order valence-electron chi connectivity index (χ1n) is 3.86. The van der Waals surface area contributed by atoms with Crippen LogP contribution in [0.1, 0.15) is 11.7 Å². The molecule has 1 N–H and O–H groups in total. The van der Waals surface area contributed by atoms with Gasteiger partial charge >= 0.3 is 0 Å². The lowest BCUT2D eigenvalue weighted by Gasteiger charge is -2.14. The van der Waals surface area contributed by atoms with Gasteiger partial charge < -0.3 is 5.11 Å². The monoisotopic (exact) mass is 200 g/mol. The summed E-state index contributed by atoms with van der Waals surface area (Å²) in [6, 6.07) is 5.99. The predicted octanol–water partition coefficient (Wildman–Crippen LogP) is 2.65. The molecular formula is C10H10ClFO. The lowest BCUT2D eigenvalue weighted by molar-refractivity contribution is 0.180. The molecule has 0 unspecified atom stereocenters. The normalized spacial score (nSPS) is 15.0. The smallest absolute Gasteiger partial charge is 0.129 e. The maximum atomic E-state index is 13.1. The molecule has 0 bridgehead atoms. The first kappa shape index (κ1) is 10.2. The summed E-state index contributed by atoms with van der Waals surface area (Å²) in [5.41, 5.74) is 0.197. The van der Waals surface area contributed by atoms with E-state index in [-0.39, 0.29) is 5.56 Å². The quantitative estimate of drug-likeness (QED) is 0.588. The van der Waals surface area contributed by atoms with E-state index >= 15 is 0 Å². The highest BCUT2D eigenvalue weighted by Gasteiger charge is 2.18. The fraction of sp³-hybridized carbons (Fsp3) is 0.200. The number of alkyl halides is 1. The van der Waals surface area contributed by atoms with Crippen molar-refractivity contribution in [3.05, 3.63) is 48.3 Å². The highest BCUT2D eigenvalue weighted by molar-refractivity contribution is 6.22. The standard InChI is InChI=1S/C10H10ClFO/c1-2-8(11)10(13)7-5-3-4-6-9(7)12/h2-6,8,10,13H,1H2/t8-,10+/m1/s1. The minimum Gasteiger partial charge on any atom is -0.386 e. The van der Waals surface area contributed by atoms with E-state index in [1.54, 1.807) is 12.1 Å². The van der Waals surface area contributed by atoms with Crippen LogP contribution in [0.3, 0.4) is 0 Å². The number of halogens is 2. The fourth-order valence-electron chi connectivity index (χ4n) is 1.02. The van der Waals surface area contributed by atoms with Crippen molar-refractivity contribution < 1.29 is 9.50 Å². The van der Waals surface area contributed by atoms with E-state index in [9.17, 15) is 9.50 Å². The Hall–Kier alpha value is -0.860. The molecule has 0 amide bonds. The van der Waals surface area contributed by atoms with E-state index < -0.39 is 17.3 Å². The molecule has 0 spiro atoms. The molecule has 1 nitrogen and oxygen atoms in total. The van der Waals surface area contributed by atoms with Gasteiger partial charge in [-0.1, -0.05) is 24.3 Å². The van der Waals surface area contributed by atoms with Gasteiger partial charge in [0.25, 0.3) is 0 Å². The molecule has 0 saturated heterocycles. The van der Waals surface area contributed by atoms with Crippen molar-refractivity contribution in [3.8, 4) is 0 Å². The van der Waals surface area contributed by atoms with E-state index in [0.29, 0.717) is 0 Å². The predicted molar refractivity (Wildman–Crippen MR) is 51.2 cm³/mol. The number of rotatable bonds is 3. The maximum absolute atomic E-state index is 13.1. The Balaban J connectivity index is 2.94. The van der Waals surface area contributed by atoms with Crippen LogP contribution < -0.4 is 0 Å². The van der Waals surface area contributed by atoms with Crippen LogP contribution in [0.2, 0.25) is 0 Å². The van der Waals surface area contributed by atoms with Crippen molar-refractivity contribution in [1.29, 1.82) is 0 Å². The average Bonchev–Trinajstić information content (AvgIpc) is 2.16. The second-order valence-corrected chi connectivity index (χ2v) is 3.15. The minimum absolute atomic E-state index is 0.197. The average molecular weight is 201 g/mol. The van der Waals surface area contributed by atoms with Gasteiger partial charge in [0.15, 0.2) is 0 Å². The number of hydrogen-bond donors (Lipinski definition) is 1. The van der Waals surface area contributed by atoms with Gasteiger partial charge in [0, 0.05) is 5.56 Å². The van der Waals surface area contributed by atoms with Crippen LogP contribution >= 0.6 is 11.6 Å². The van der Waals surface area contributed by atoms with Crippen LogP contribution in [0, 0.1) is 5.82 Å². The Labute approximate surface area is 81.5 Å². The van der Waals surface area contributed by atoms with Crippen LogP contribution in [0.4, 0.5) is 4.39 Å². The van der Waals surface area contributed by atoms with E-state index in [1.165, 1.54) is 18.2 Å². The molecule has 1 aromatic carbocycles. The number of hydrogen-bond acceptors (Lipinski definition) is 1.